The first kappa shape index (κ1) is 8.01. The van der Waals surface area contributed by atoms with E-state index >= 15 is 0 Å². The molecule has 4 heteroatoms. The second kappa shape index (κ2) is 3.03. The first-order valence-electron chi connectivity index (χ1n) is 3.60. The van der Waals surface area contributed by atoms with Crippen LogP contribution in [0.25, 0.3) is 10.3 Å². The molecule has 0 amide bonds. The van der Waals surface area contributed by atoms with Crippen LogP contribution in [-0.4, -0.2) is 11.2 Å². The van der Waals surface area contributed by atoms with E-state index in [1.54, 1.807) is 23.1 Å². The minimum Gasteiger partial charge on any atom is -0.239 e. The summed E-state index contributed by atoms with van der Waals surface area (Å²) in [7, 11) is 2.08. The molecule has 0 spiro atoms. The number of fused-ring (bicyclic) bond motifs is 1. The Morgan fingerprint density at radius 2 is 2.42 bits per heavy atom. The van der Waals surface area contributed by atoms with Crippen LogP contribution in [0.4, 0.5) is 0 Å². The third kappa shape index (κ3) is 1.11. The van der Waals surface area contributed by atoms with Crippen LogP contribution in [0.15, 0.2) is 22.7 Å². The molecule has 12 heavy (non-hydrogen) atoms. The molecule has 2 aromatic heterocycles. The Hall–Kier alpha value is -0.610. The Balaban J connectivity index is 2.78. The highest BCUT2D eigenvalue weighted by molar-refractivity contribution is 8.00. The molecule has 2 aromatic rings. The molecule has 0 atom stereocenters. The van der Waals surface area contributed by atoms with Gasteiger partial charge in [0, 0.05) is 12.3 Å². The van der Waals surface area contributed by atoms with Crippen molar-refractivity contribution in [1.82, 2.24) is 4.98 Å². The Morgan fingerprint density at radius 1 is 1.58 bits per heavy atom. The van der Waals surface area contributed by atoms with Gasteiger partial charge in [0.2, 0.25) is 5.52 Å². The number of aryl methyl sites for hydroxylation is 1. The fourth-order valence-electron chi connectivity index (χ4n) is 1.14. The topological polar surface area (TPSA) is 16.8 Å². The van der Waals surface area contributed by atoms with Crippen LogP contribution in [-0.2, 0) is 7.05 Å². The lowest BCUT2D eigenvalue weighted by Crippen LogP contribution is -2.27. The van der Waals surface area contributed by atoms with Gasteiger partial charge < -0.3 is 0 Å². The van der Waals surface area contributed by atoms with Crippen molar-refractivity contribution in [2.24, 2.45) is 7.05 Å². The summed E-state index contributed by atoms with van der Waals surface area (Å²) in [5, 5.41) is 0. The molecule has 0 unspecified atom stereocenters. The average Bonchev–Trinajstić information content (AvgIpc) is 2.44. The smallest absolute Gasteiger partial charge is 0.239 e. The molecule has 0 fully saturated rings. The predicted molar refractivity (Wildman–Crippen MR) is 52.6 cm³/mol. The zero-order valence-electron chi connectivity index (χ0n) is 6.94. The van der Waals surface area contributed by atoms with Gasteiger partial charge in [-0.05, 0) is 35.4 Å². The van der Waals surface area contributed by atoms with Gasteiger partial charge >= 0.3 is 0 Å². The normalized spacial score (nSPS) is 10.8. The molecule has 2 heterocycles. The summed E-state index contributed by atoms with van der Waals surface area (Å²) < 4.78 is 3.47. The molecule has 0 aromatic carbocycles. The van der Waals surface area contributed by atoms with Crippen molar-refractivity contribution < 1.29 is 4.57 Å². The highest BCUT2D eigenvalue weighted by Gasteiger charge is 2.15. The van der Waals surface area contributed by atoms with Crippen LogP contribution in [0, 0.1) is 0 Å². The van der Waals surface area contributed by atoms with Crippen molar-refractivity contribution in [3.8, 4) is 0 Å². The van der Waals surface area contributed by atoms with Crippen LogP contribution in [0.5, 0.6) is 0 Å². The van der Waals surface area contributed by atoms with Gasteiger partial charge in [0.1, 0.15) is 7.05 Å². The number of pyridine rings is 1. The van der Waals surface area contributed by atoms with Crippen molar-refractivity contribution in [1.29, 1.82) is 0 Å². The number of nitrogens with zero attached hydrogens (tertiary/aromatic N) is 2. The Kier molecular flexibility index (Phi) is 2.02. The van der Waals surface area contributed by atoms with Crippen LogP contribution in [0.1, 0.15) is 0 Å². The molecular weight excluding hydrogens is 188 g/mol. The number of hydrogen-bond donors (Lipinski definition) is 0. The van der Waals surface area contributed by atoms with Gasteiger partial charge in [0.15, 0.2) is 4.83 Å². The SMILES string of the molecule is CSc1sc2ncccc2[n+]1C. The number of aromatic nitrogens is 2. The van der Waals surface area contributed by atoms with Crippen molar-refractivity contribution in [3.63, 3.8) is 0 Å². The second-order valence-electron chi connectivity index (χ2n) is 2.46. The zero-order valence-corrected chi connectivity index (χ0v) is 8.58. The lowest BCUT2D eigenvalue weighted by Gasteiger charge is -1.84. The molecule has 2 nitrogen and oxygen atoms in total. The van der Waals surface area contributed by atoms with Gasteiger partial charge in [-0.15, -0.1) is 0 Å². The third-order valence-corrected chi connectivity index (χ3v) is 4.07. The summed E-state index contributed by atoms with van der Waals surface area (Å²) >= 11 is 3.50. The largest absolute Gasteiger partial charge is 0.299 e. The molecule has 2 rings (SSSR count). The van der Waals surface area contributed by atoms with Crippen LogP contribution in [0.2, 0.25) is 0 Å². The second-order valence-corrected chi connectivity index (χ2v) is 4.49. The summed E-state index contributed by atoms with van der Waals surface area (Å²) in [5.41, 5.74) is 1.21. The van der Waals surface area contributed by atoms with E-state index in [0.29, 0.717) is 0 Å². The summed E-state index contributed by atoms with van der Waals surface area (Å²) in [4.78, 5) is 5.41. The molecule has 0 saturated heterocycles. The predicted octanol–water partition coefficient (Wildman–Crippen LogP) is 1.84. The van der Waals surface area contributed by atoms with Gasteiger partial charge in [-0.25, -0.2) is 4.98 Å². The fourth-order valence-corrected chi connectivity index (χ4v) is 2.91. The Bertz CT molecular complexity index is 408. The molecule has 0 aliphatic heterocycles. The van der Waals surface area contributed by atoms with Crippen LogP contribution < -0.4 is 4.57 Å². The molecule has 0 bridgehead atoms. The number of thioether (sulfide) groups is 1. The number of rotatable bonds is 1. The van der Waals surface area contributed by atoms with Crippen molar-refractivity contribution in [2.75, 3.05) is 6.26 Å². The summed E-state index contributed by atoms with van der Waals surface area (Å²) in [6.07, 6.45) is 3.92. The molecule has 0 N–H and O–H groups in total. The molecular formula is C8H9N2S2+. The summed E-state index contributed by atoms with van der Waals surface area (Å²) in [5.74, 6) is 0. The standard InChI is InChI=1S/C8H9N2S2/c1-10-6-4-3-5-9-7(6)12-8(10)11-2/h3-5H,1-2H3/q+1. The van der Waals surface area contributed by atoms with E-state index in [-0.39, 0.29) is 0 Å². The van der Waals surface area contributed by atoms with Crippen molar-refractivity contribution in [2.45, 2.75) is 4.34 Å². The molecule has 0 aliphatic carbocycles. The minimum absolute atomic E-state index is 1.12. The minimum atomic E-state index is 1.12. The number of hydrogen-bond acceptors (Lipinski definition) is 3. The maximum Gasteiger partial charge on any atom is 0.299 e. The van der Waals surface area contributed by atoms with Crippen molar-refractivity contribution in [3.05, 3.63) is 18.3 Å². The third-order valence-electron chi connectivity index (χ3n) is 1.74. The van der Waals surface area contributed by atoms with E-state index in [2.05, 4.69) is 28.9 Å². The van der Waals surface area contributed by atoms with Crippen LogP contribution >= 0.6 is 23.1 Å². The molecule has 0 radical (unpaired) electrons. The average molecular weight is 197 g/mol. The quantitative estimate of drug-likeness (QED) is 0.512. The summed E-state index contributed by atoms with van der Waals surface area (Å²) in [6.45, 7) is 0. The maximum atomic E-state index is 4.30. The van der Waals surface area contributed by atoms with Gasteiger partial charge in [0.25, 0.3) is 4.34 Å². The van der Waals surface area contributed by atoms with E-state index in [9.17, 15) is 0 Å². The van der Waals surface area contributed by atoms with Crippen molar-refractivity contribution >= 4 is 33.4 Å². The molecule has 0 saturated carbocycles. The Labute approximate surface area is 79.3 Å². The van der Waals surface area contributed by atoms with E-state index in [0.717, 1.165) is 4.83 Å². The Morgan fingerprint density at radius 3 is 3.08 bits per heavy atom. The van der Waals surface area contributed by atoms with E-state index < -0.39 is 0 Å². The lowest BCUT2D eigenvalue weighted by atomic mass is 10.4. The first-order chi connectivity index (χ1) is 5.83. The van der Waals surface area contributed by atoms with Gasteiger partial charge in [0.05, 0.1) is 0 Å². The monoisotopic (exact) mass is 197 g/mol. The van der Waals surface area contributed by atoms with Crippen LogP contribution in [0.3, 0.4) is 0 Å². The van der Waals surface area contributed by atoms with Gasteiger partial charge in [-0.2, -0.15) is 4.57 Å². The molecule has 0 aliphatic rings. The van der Waals surface area contributed by atoms with E-state index in [1.807, 2.05) is 12.3 Å². The highest BCUT2D eigenvalue weighted by Crippen LogP contribution is 2.23. The first-order valence-corrected chi connectivity index (χ1v) is 5.64. The van der Waals surface area contributed by atoms with Gasteiger partial charge in [-0.1, -0.05) is 0 Å². The fraction of sp³-hybridized carbons (Fsp3) is 0.250. The van der Waals surface area contributed by atoms with Gasteiger partial charge in [-0.3, -0.25) is 0 Å². The highest BCUT2D eigenvalue weighted by atomic mass is 32.2. The zero-order chi connectivity index (χ0) is 8.55. The maximum absolute atomic E-state index is 4.30. The summed E-state index contributed by atoms with van der Waals surface area (Å²) in [6, 6.07) is 4.07. The lowest BCUT2D eigenvalue weighted by molar-refractivity contribution is -0.676. The van der Waals surface area contributed by atoms with E-state index in [1.165, 1.54) is 9.86 Å². The number of thiazole rings is 1. The molecule has 62 valence electrons. The van der Waals surface area contributed by atoms with E-state index in [4.69, 9.17) is 0 Å².